The monoisotopic (exact) mass is 236 g/mol. The molecule has 0 radical (unpaired) electrons. The van der Waals surface area contributed by atoms with Gasteiger partial charge in [-0.05, 0) is 39.4 Å². The van der Waals surface area contributed by atoms with Crippen LogP contribution in [0.25, 0.3) is 0 Å². The molecule has 1 saturated heterocycles. The predicted molar refractivity (Wildman–Crippen MR) is 70.0 cm³/mol. The van der Waals surface area contributed by atoms with Gasteiger partial charge in [0.2, 0.25) is 0 Å². The summed E-state index contributed by atoms with van der Waals surface area (Å²) in [5.41, 5.74) is 2.47. The Morgan fingerprint density at radius 2 is 2.35 bits per heavy atom. The van der Waals surface area contributed by atoms with Gasteiger partial charge < -0.3 is 5.32 Å². The van der Waals surface area contributed by atoms with Gasteiger partial charge in [0.1, 0.15) is 0 Å². The highest BCUT2D eigenvalue weighted by molar-refractivity contribution is 5.09. The number of hydrogen-bond donors (Lipinski definition) is 1. The molecule has 1 N–H and O–H groups in total. The standard InChI is InChI=1S/C13H24N4/c1-4-16(12-6-7-14-9-12)10-13-8-11(3)15-17(13)5-2/h8,12,14H,4-7,9-10H2,1-3H3. The van der Waals surface area contributed by atoms with Gasteiger partial charge in [-0.2, -0.15) is 5.10 Å². The maximum Gasteiger partial charge on any atom is 0.0597 e. The molecule has 1 fully saturated rings. The Morgan fingerprint density at radius 1 is 1.53 bits per heavy atom. The first-order valence-electron chi connectivity index (χ1n) is 6.72. The van der Waals surface area contributed by atoms with E-state index in [9.17, 15) is 0 Å². The van der Waals surface area contributed by atoms with E-state index >= 15 is 0 Å². The molecule has 0 aliphatic carbocycles. The van der Waals surface area contributed by atoms with Gasteiger partial charge in [-0.15, -0.1) is 0 Å². The fraction of sp³-hybridized carbons (Fsp3) is 0.769. The van der Waals surface area contributed by atoms with Crippen LogP contribution in [0.15, 0.2) is 6.07 Å². The van der Waals surface area contributed by atoms with Gasteiger partial charge in [-0.3, -0.25) is 9.58 Å². The van der Waals surface area contributed by atoms with Crippen LogP contribution in [0.2, 0.25) is 0 Å². The SMILES string of the molecule is CCN(Cc1cc(C)nn1CC)C1CCNC1. The topological polar surface area (TPSA) is 33.1 Å². The quantitative estimate of drug-likeness (QED) is 0.839. The minimum absolute atomic E-state index is 0.695. The molecule has 0 bridgehead atoms. The van der Waals surface area contributed by atoms with Crippen molar-refractivity contribution in [2.45, 2.75) is 46.3 Å². The Bertz CT molecular complexity index is 352. The van der Waals surface area contributed by atoms with Crippen LogP contribution in [0.3, 0.4) is 0 Å². The Morgan fingerprint density at radius 3 is 2.94 bits per heavy atom. The first-order valence-corrected chi connectivity index (χ1v) is 6.72. The Kier molecular flexibility index (Phi) is 4.18. The molecule has 1 aliphatic rings. The van der Waals surface area contributed by atoms with Crippen LogP contribution in [0, 0.1) is 6.92 Å². The Labute approximate surface area is 104 Å². The average Bonchev–Trinajstić information content (AvgIpc) is 2.94. The summed E-state index contributed by atoms with van der Waals surface area (Å²) in [4.78, 5) is 2.56. The van der Waals surface area contributed by atoms with E-state index in [4.69, 9.17) is 0 Å². The van der Waals surface area contributed by atoms with Crippen molar-refractivity contribution >= 4 is 0 Å². The maximum atomic E-state index is 4.52. The number of rotatable bonds is 5. The number of aryl methyl sites for hydroxylation is 2. The van der Waals surface area contributed by atoms with E-state index in [1.54, 1.807) is 0 Å². The van der Waals surface area contributed by atoms with Crippen LogP contribution in [-0.2, 0) is 13.1 Å². The maximum absolute atomic E-state index is 4.52. The third kappa shape index (κ3) is 2.87. The van der Waals surface area contributed by atoms with E-state index in [2.05, 4.69) is 46.8 Å². The zero-order valence-electron chi connectivity index (χ0n) is 11.2. The lowest BCUT2D eigenvalue weighted by Crippen LogP contribution is -2.36. The molecule has 1 atom stereocenters. The molecule has 1 aromatic rings. The van der Waals surface area contributed by atoms with Crippen LogP contribution in [0.4, 0.5) is 0 Å². The second-order valence-electron chi connectivity index (χ2n) is 4.80. The largest absolute Gasteiger partial charge is 0.315 e. The molecule has 1 aromatic heterocycles. The lowest BCUT2D eigenvalue weighted by Gasteiger charge is -2.26. The second-order valence-corrected chi connectivity index (χ2v) is 4.80. The van der Waals surface area contributed by atoms with Crippen molar-refractivity contribution in [3.63, 3.8) is 0 Å². The second kappa shape index (κ2) is 5.65. The van der Waals surface area contributed by atoms with Crippen molar-refractivity contribution in [2.24, 2.45) is 0 Å². The summed E-state index contributed by atoms with van der Waals surface area (Å²) in [5.74, 6) is 0. The lowest BCUT2D eigenvalue weighted by molar-refractivity contribution is 0.204. The Balaban J connectivity index is 2.06. The molecule has 2 rings (SSSR count). The smallest absolute Gasteiger partial charge is 0.0597 e. The summed E-state index contributed by atoms with van der Waals surface area (Å²) in [6.07, 6.45) is 1.27. The van der Waals surface area contributed by atoms with E-state index in [0.717, 1.165) is 38.4 Å². The minimum Gasteiger partial charge on any atom is -0.315 e. The number of nitrogens with zero attached hydrogens (tertiary/aromatic N) is 3. The first-order chi connectivity index (χ1) is 8.24. The minimum atomic E-state index is 0.695. The summed E-state index contributed by atoms with van der Waals surface area (Å²) >= 11 is 0. The third-order valence-corrected chi connectivity index (χ3v) is 3.61. The summed E-state index contributed by atoms with van der Waals surface area (Å²) < 4.78 is 2.13. The zero-order chi connectivity index (χ0) is 12.3. The van der Waals surface area contributed by atoms with Gasteiger partial charge >= 0.3 is 0 Å². The van der Waals surface area contributed by atoms with Crippen molar-refractivity contribution in [2.75, 3.05) is 19.6 Å². The molecular weight excluding hydrogens is 212 g/mol. The van der Waals surface area contributed by atoms with Gasteiger partial charge in [0.25, 0.3) is 0 Å². The van der Waals surface area contributed by atoms with Crippen molar-refractivity contribution in [1.82, 2.24) is 20.0 Å². The molecular formula is C13H24N4. The van der Waals surface area contributed by atoms with Crippen LogP contribution in [0.5, 0.6) is 0 Å². The molecule has 17 heavy (non-hydrogen) atoms. The van der Waals surface area contributed by atoms with Gasteiger partial charge in [0, 0.05) is 25.7 Å². The molecule has 0 aromatic carbocycles. The summed E-state index contributed by atoms with van der Waals surface area (Å²) in [5, 5.41) is 7.96. The summed E-state index contributed by atoms with van der Waals surface area (Å²) in [6.45, 7) is 11.9. The molecule has 96 valence electrons. The van der Waals surface area contributed by atoms with E-state index in [1.807, 2.05) is 0 Å². The van der Waals surface area contributed by atoms with Crippen molar-refractivity contribution in [3.8, 4) is 0 Å². The van der Waals surface area contributed by atoms with Crippen LogP contribution in [-0.4, -0.2) is 40.4 Å². The average molecular weight is 236 g/mol. The van der Waals surface area contributed by atoms with E-state index < -0.39 is 0 Å². The zero-order valence-corrected chi connectivity index (χ0v) is 11.2. The lowest BCUT2D eigenvalue weighted by atomic mass is 10.2. The molecule has 4 heteroatoms. The van der Waals surface area contributed by atoms with Gasteiger partial charge in [-0.1, -0.05) is 6.92 Å². The highest BCUT2D eigenvalue weighted by Crippen LogP contribution is 2.14. The molecule has 2 heterocycles. The number of nitrogens with one attached hydrogen (secondary N) is 1. The van der Waals surface area contributed by atoms with E-state index in [-0.39, 0.29) is 0 Å². The van der Waals surface area contributed by atoms with E-state index in [0.29, 0.717) is 6.04 Å². The Hall–Kier alpha value is -0.870. The van der Waals surface area contributed by atoms with Crippen LogP contribution < -0.4 is 5.32 Å². The van der Waals surface area contributed by atoms with Gasteiger partial charge in [0.15, 0.2) is 0 Å². The fourth-order valence-electron chi connectivity index (χ4n) is 2.66. The molecule has 0 saturated carbocycles. The molecule has 0 amide bonds. The van der Waals surface area contributed by atoms with Crippen LogP contribution >= 0.6 is 0 Å². The first kappa shape index (κ1) is 12.6. The van der Waals surface area contributed by atoms with Crippen molar-refractivity contribution < 1.29 is 0 Å². The molecule has 1 unspecified atom stereocenters. The molecule has 4 nitrogen and oxygen atoms in total. The van der Waals surface area contributed by atoms with Crippen LogP contribution in [0.1, 0.15) is 31.7 Å². The van der Waals surface area contributed by atoms with Crippen molar-refractivity contribution in [3.05, 3.63) is 17.5 Å². The highest BCUT2D eigenvalue weighted by atomic mass is 15.3. The molecule has 1 aliphatic heterocycles. The van der Waals surface area contributed by atoms with Crippen molar-refractivity contribution in [1.29, 1.82) is 0 Å². The summed E-state index contributed by atoms with van der Waals surface area (Å²) in [6, 6.07) is 2.91. The van der Waals surface area contributed by atoms with E-state index in [1.165, 1.54) is 12.1 Å². The fourth-order valence-corrected chi connectivity index (χ4v) is 2.66. The predicted octanol–water partition coefficient (Wildman–Crippen LogP) is 1.40. The third-order valence-electron chi connectivity index (χ3n) is 3.61. The van der Waals surface area contributed by atoms with Gasteiger partial charge in [-0.25, -0.2) is 0 Å². The number of likely N-dealkylation sites (N-methyl/N-ethyl adjacent to an activating group) is 1. The highest BCUT2D eigenvalue weighted by Gasteiger charge is 2.22. The molecule has 0 spiro atoms. The number of hydrogen-bond acceptors (Lipinski definition) is 3. The number of aromatic nitrogens is 2. The summed E-state index contributed by atoms with van der Waals surface area (Å²) in [7, 11) is 0. The van der Waals surface area contributed by atoms with Gasteiger partial charge in [0.05, 0.1) is 11.4 Å². The normalized spacial score (nSPS) is 20.4.